The minimum atomic E-state index is 1.32. The second-order valence-corrected chi connectivity index (χ2v) is 5.95. The summed E-state index contributed by atoms with van der Waals surface area (Å²) in [6.45, 7) is 4.36. The van der Waals surface area contributed by atoms with Crippen LogP contribution in [0.15, 0.2) is 72.8 Å². The van der Waals surface area contributed by atoms with E-state index in [1.807, 2.05) is 0 Å². The molecule has 0 bridgehead atoms. The third-order valence-electron chi connectivity index (χ3n) is 4.57. The number of benzene rings is 4. The molecule has 0 saturated heterocycles. The van der Waals surface area contributed by atoms with Crippen LogP contribution in [-0.4, -0.2) is 0 Å². The molecule has 0 atom stereocenters. The van der Waals surface area contributed by atoms with Gasteiger partial charge in [0.1, 0.15) is 0 Å². The fourth-order valence-electron chi connectivity index (χ4n) is 3.40. The molecule has 106 valence electrons. The van der Waals surface area contributed by atoms with Gasteiger partial charge in [0.25, 0.3) is 0 Å². The summed E-state index contributed by atoms with van der Waals surface area (Å²) in [6.07, 6.45) is 0. The van der Waals surface area contributed by atoms with Gasteiger partial charge in [0.15, 0.2) is 0 Å². The van der Waals surface area contributed by atoms with E-state index in [9.17, 15) is 0 Å². The van der Waals surface area contributed by atoms with Crippen LogP contribution in [-0.2, 0) is 0 Å². The topological polar surface area (TPSA) is 0 Å². The minimum Gasteiger partial charge on any atom is -0.0613 e. The van der Waals surface area contributed by atoms with Crippen molar-refractivity contribution in [3.05, 3.63) is 83.9 Å². The van der Waals surface area contributed by atoms with Crippen LogP contribution in [0.3, 0.4) is 0 Å². The SMILES string of the molecule is Cc1cccc2c(-c3cccc4c(C)cccc34)cccc12. The molecule has 4 rings (SSSR count). The van der Waals surface area contributed by atoms with Crippen molar-refractivity contribution in [2.75, 3.05) is 0 Å². The second-order valence-electron chi connectivity index (χ2n) is 5.95. The zero-order chi connectivity index (χ0) is 15.1. The molecular formula is C22H18. The first-order valence-electron chi connectivity index (χ1n) is 7.73. The molecule has 0 aromatic heterocycles. The smallest absolute Gasteiger partial charge is 0.00991 e. The summed E-state index contributed by atoms with van der Waals surface area (Å²) in [5.41, 5.74) is 5.29. The summed E-state index contributed by atoms with van der Waals surface area (Å²) in [5.74, 6) is 0. The molecule has 0 aliphatic rings. The Kier molecular flexibility index (Phi) is 2.97. The summed E-state index contributed by atoms with van der Waals surface area (Å²) in [5, 5.41) is 5.34. The van der Waals surface area contributed by atoms with Gasteiger partial charge in [0.05, 0.1) is 0 Å². The predicted molar refractivity (Wildman–Crippen MR) is 96.4 cm³/mol. The lowest BCUT2D eigenvalue weighted by Crippen LogP contribution is -1.86. The Morgan fingerprint density at radius 3 is 1.23 bits per heavy atom. The maximum Gasteiger partial charge on any atom is -0.00991 e. The molecule has 0 aliphatic heterocycles. The molecule has 0 N–H and O–H groups in total. The van der Waals surface area contributed by atoms with Gasteiger partial charge in [0.2, 0.25) is 0 Å². The van der Waals surface area contributed by atoms with Crippen LogP contribution >= 0.6 is 0 Å². The van der Waals surface area contributed by atoms with Gasteiger partial charge in [0, 0.05) is 0 Å². The first-order valence-corrected chi connectivity index (χ1v) is 7.73. The largest absolute Gasteiger partial charge is 0.0613 e. The average molecular weight is 282 g/mol. The van der Waals surface area contributed by atoms with Crippen molar-refractivity contribution in [2.24, 2.45) is 0 Å². The Morgan fingerprint density at radius 2 is 0.773 bits per heavy atom. The van der Waals surface area contributed by atoms with Crippen molar-refractivity contribution >= 4 is 21.5 Å². The van der Waals surface area contributed by atoms with E-state index in [1.165, 1.54) is 43.8 Å². The van der Waals surface area contributed by atoms with Gasteiger partial charge >= 0.3 is 0 Å². The lowest BCUT2D eigenvalue weighted by atomic mass is 9.92. The van der Waals surface area contributed by atoms with Gasteiger partial charge in [-0.3, -0.25) is 0 Å². The Balaban J connectivity index is 2.13. The maximum atomic E-state index is 2.24. The van der Waals surface area contributed by atoms with Gasteiger partial charge in [-0.2, -0.15) is 0 Å². The van der Waals surface area contributed by atoms with Gasteiger partial charge in [-0.15, -0.1) is 0 Å². The van der Waals surface area contributed by atoms with Gasteiger partial charge in [-0.25, -0.2) is 0 Å². The van der Waals surface area contributed by atoms with Crippen LogP contribution in [0.4, 0.5) is 0 Å². The van der Waals surface area contributed by atoms with E-state index >= 15 is 0 Å². The van der Waals surface area contributed by atoms with Crippen molar-refractivity contribution in [3.63, 3.8) is 0 Å². The first kappa shape index (κ1) is 13.1. The number of fused-ring (bicyclic) bond motifs is 2. The van der Waals surface area contributed by atoms with Crippen LogP contribution in [0, 0.1) is 13.8 Å². The van der Waals surface area contributed by atoms with Crippen LogP contribution in [0.25, 0.3) is 32.7 Å². The van der Waals surface area contributed by atoms with Gasteiger partial charge < -0.3 is 0 Å². The van der Waals surface area contributed by atoms with E-state index in [0.717, 1.165) is 0 Å². The molecule has 22 heavy (non-hydrogen) atoms. The van der Waals surface area contributed by atoms with E-state index in [-0.39, 0.29) is 0 Å². The number of rotatable bonds is 1. The molecule has 0 heteroatoms. The summed E-state index contributed by atoms with van der Waals surface area (Å²) in [7, 11) is 0. The lowest BCUT2D eigenvalue weighted by molar-refractivity contribution is 1.52. The van der Waals surface area contributed by atoms with E-state index in [2.05, 4.69) is 86.6 Å². The number of hydrogen-bond donors (Lipinski definition) is 0. The number of aryl methyl sites for hydroxylation is 2. The maximum absolute atomic E-state index is 2.24. The third kappa shape index (κ3) is 1.92. The molecule has 0 saturated carbocycles. The summed E-state index contributed by atoms with van der Waals surface area (Å²) >= 11 is 0. The molecule has 4 aromatic carbocycles. The van der Waals surface area contributed by atoms with Crippen LogP contribution < -0.4 is 0 Å². The molecule has 0 radical (unpaired) electrons. The van der Waals surface area contributed by atoms with Gasteiger partial charge in [-0.05, 0) is 57.6 Å². The molecule has 0 aliphatic carbocycles. The average Bonchev–Trinajstić information content (AvgIpc) is 2.55. The fraction of sp³-hybridized carbons (Fsp3) is 0.0909. The van der Waals surface area contributed by atoms with Crippen molar-refractivity contribution in [2.45, 2.75) is 13.8 Å². The van der Waals surface area contributed by atoms with Crippen LogP contribution in [0.1, 0.15) is 11.1 Å². The minimum absolute atomic E-state index is 1.32. The summed E-state index contributed by atoms with van der Waals surface area (Å²) < 4.78 is 0. The third-order valence-corrected chi connectivity index (χ3v) is 4.57. The molecule has 0 unspecified atom stereocenters. The molecular weight excluding hydrogens is 264 g/mol. The normalized spacial score (nSPS) is 11.2. The highest BCUT2D eigenvalue weighted by Gasteiger charge is 2.08. The molecule has 0 nitrogen and oxygen atoms in total. The zero-order valence-corrected chi connectivity index (χ0v) is 12.9. The molecule has 0 fully saturated rings. The summed E-state index contributed by atoms with van der Waals surface area (Å²) in [4.78, 5) is 0. The van der Waals surface area contributed by atoms with Crippen LogP contribution in [0.2, 0.25) is 0 Å². The Labute approximate surface area is 131 Å². The monoisotopic (exact) mass is 282 g/mol. The predicted octanol–water partition coefficient (Wildman–Crippen LogP) is 6.28. The van der Waals surface area contributed by atoms with E-state index in [0.29, 0.717) is 0 Å². The zero-order valence-electron chi connectivity index (χ0n) is 12.9. The van der Waals surface area contributed by atoms with Crippen molar-refractivity contribution in [1.29, 1.82) is 0 Å². The molecule has 0 spiro atoms. The summed E-state index contributed by atoms with van der Waals surface area (Å²) in [6, 6.07) is 26.3. The molecule has 4 aromatic rings. The van der Waals surface area contributed by atoms with Crippen molar-refractivity contribution in [3.8, 4) is 11.1 Å². The quantitative estimate of drug-likeness (QED) is 0.385. The van der Waals surface area contributed by atoms with Gasteiger partial charge in [-0.1, -0.05) is 72.8 Å². The molecule has 0 heterocycles. The van der Waals surface area contributed by atoms with Crippen molar-refractivity contribution < 1.29 is 0 Å². The first-order chi connectivity index (χ1) is 10.8. The Morgan fingerprint density at radius 1 is 0.409 bits per heavy atom. The lowest BCUT2D eigenvalue weighted by Gasteiger charge is -2.12. The number of hydrogen-bond acceptors (Lipinski definition) is 0. The standard InChI is InChI=1S/C22H18/c1-15-7-3-11-19-17(15)9-5-13-21(19)22-14-6-10-18-16(2)8-4-12-20(18)22/h3-14H,1-2H3. The Hall–Kier alpha value is -2.60. The molecule has 0 amide bonds. The van der Waals surface area contributed by atoms with Crippen LogP contribution in [0.5, 0.6) is 0 Å². The van der Waals surface area contributed by atoms with Crippen molar-refractivity contribution in [1.82, 2.24) is 0 Å². The van der Waals surface area contributed by atoms with E-state index < -0.39 is 0 Å². The van der Waals surface area contributed by atoms with E-state index in [4.69, 9.17) is 0 Å². The highest BCUT2D eigenvalue weighted by molar-refractivity contribution is 6.06. The highest BCUT2D eigenvalue weighted by atomic mass is 14.1. The Bertz CT molecular complexity index is 910. The van der Waals surface area contributed by atoms with E-state index in [1.54, 1.807) is 0 Å². The fourth-order valence-corrected chi connectivity index (χ4v) is 3.40. The highest BCUT2D eigenvalue weighted by Crippen LogP contribution is 2.35. The second kappa shape index (κ2) is 4.99.